The highest BCUT2D eigenvalue weighted by atomic mass is 16.3. The summed E-state index contributed by atoms with van der Waals surface area (Å²) < 4.78 is 5.86. The zero-order valence-corrected chi connectivity index (χ0v) is 20.7. The lowest BCUT2D eigenvalue weighted by molar-refractivity contribution is 0.472. The van der Waals surface area contributed by atoms with Gasteiger partial charge in [-0.3, -0.25) is 15.5 Å². The predicted molar refractivity (Wildman–Crippen MR) is 136 cm³/mol. The third-order valence-electron chi connectivity index (χ3n) is 5.44. The van der Waals surface area contributed by atoms with E-state index in [4.69, 9.17) is 4.42 Å². The largest absolute Gasteiger partial charge is 0.448 e. The normalized spacial score (nSPS) is 19.7. The van der Waals surface area contributed by atoms with Gasteiger partial charge in [-0.2, -0.15) is 0 Å². The van der Waals surface area contributed by atoms with E-state index >= 15 is 0 Å². The molecule has 0 radical (unpaired) electrons. The Morgan fingerprint density at radius 1 is 0.853 bits per heavy atom. The van der Waals surface area contributed by atoms with E-state index < -0.39 is 0 Å². The van der Waals surface area contributed by atoms with Gasteiger partial charge in [-0.25, -0.2) is 20.0 Å². The van der Waals surface area contributed by atoms with E-state index in [0.717, 1.165) is 29.3 Å². The highest BCUT2D eigenvalue weighted by molar-refractivity contribution is 6.07. The molecule has 2 atom stereocenters. The van der Waals surface area contributed by atoms with E-state index in [9.17, 15) is 0 Å². The van der Waals surface area contributed by atoms with Gasteiger partial charge >= 0.3 is 0 Å². The number of H-pyrrole nitrogens is 1. The number of furan rings is 1. The summed E-state index contributed by atoms with van der Waals surface area (Å²) in [7, 11) is 9.74. The molecular weight excluding hydrogens is 434 g/mol. The van der Waals surface area contributed by atoms with Crippen LogP contribution in [-0.4, -0.2) is 86.2 Å². The molecule has 0 aliphatic carbocycles. The molecule has 12 nitrogen and oxygen atoms in total. The van der Waals surface area contributed by atoms with Gasteiger partial charge in [0.25, 0.3) is 0 Å². The van der Waals surface area contributed by atoms with Crippen LogP contribution in [0.2, 0.25) is 0 Å². The number of nitrogens with one attached hydrogen (secondary N) is 3. The van der Waals surface area contributed by atoms with Gasteiger partial charge in [0, 0.05) is 59.6 Å². The van der Waals surface area contributed by atoms with Crippen LogP contribution in [0.15, 0.2) is 55.0 Å². The lowest BCUT2D eigenvalue weighted by atomic mass is 10.3. The minimum Gasteiger partial charge on any atom is -0.448 e. The molecule has 0 spiro atoms. The van der Waals surface area contributed by atoms with Crippen molar-refractivity contribution in [3.8, 4) is 0 Å². The summed E-state index contributed by atoms with van der Waals surface area (Å²) in [6.07, 6.45) is 3.27. The summed E-state index contributed by atoms with van der Waals surface area (Å²) in [6, 6.07) is 5.95. The smallest absolute Gasteiger partial charge is 0.209 e. The van der Waals surface area contributed by atoms with Crippen LogP contribution in [0.3, 0.4) is 0 Å². The van der Waals surface area contributed by atoms with Gasteiger partial charge < -0.3 is 24.1 Å². The van der Waals surface area contributed by atoms with Gasteiger partial charge in [0.2, 0.25) is 29.7 Å². The van der Waals surface area contributed by atoms with E-state index in [1.807, 2.05) is 93.1 Å². The maximum atomic E-state index is 5.86. The first-order valence-corrected chi connectivity index (χ1v) is 11.1. The molecule has 0 saturated carbocycles. The second kappa shape index (κ2) is 9.49. The predicted octanol–water partition coefficient (Wildman–Crippen LogP) is 1.50. The van der Waals surface area contributed by atoms with Gasteiger partial charge in [-0.05, 0) is 26.0 Å². The number of guanidine groups is 4. The summed E-state index contributed by atoms with van der Waals surface area (Å²) in [5.74, 6) is 4.54. The molecule has 2 aromatic rings. The molecule has 0 bridgehead atoms. The molecule has 4 rings (SSSR count). The highest BCUT2D eigenvalue weighted by Crippen LogP contribution is 2.20. The van der Waals surface area contributed by atoms with Crippen molar-refractivity contribution in [2.75, 3.05) is 45.0 Å². The van der Waals surface area contributed by atoms with Crippen LogP contribution in [0.1, 0.15) is 19.4 Å². The van der Waals surface area contributed by atoms with Crippen molar-refractivity contribution in [3.63, 3.8) is 0 Å². The van der Waals surface area contributed by atoms with Gasteiger partial charge in [-0.15, -0.1) is 0 Å². The van der Waals surface area contributed by atoms with Crippen LogP contribution in [0, 0.1) is 0 Å². The van der Waals surface area contributed by atoms with Crippen molar-refractivity contribution in [2.45, 2.75) is 32.7 Å². The number of nitrogens with zero attached hydrogens (tertiary/aromatic N) is 8. The summed E-state index contributed by atoms with van der Waals surface area (Å²) in [5, 5.41) is 6.58. The summed E-state index contributed by atoms with van der Waals surface area (Å²) in [5.41, 5.74) is 1.01. The zero-order chi connectivity index (χ0) is 24.4. The number of hydrogen-bond donors (Lipinski definition) is 3. The Kier molecular flexibility index (Phi) is 6.48. The molecule has 3 N–H and O–H groups in total. The monoisotopic (exact) mass is 467 g/mol. The minimum atomic E-state index is -0.193. The molecule has 34 heavy (non-hydrogen) atoms. The number of anilines is 2. The molecule has 0 fully saturated rings. The maximum absolute atomic E-state index is 5.86. The van der Waals surface area contributed by atoms with Crippen molar-refractivity contribution in [1.82, 2.24) is 25.4 Å². The second-order valence-corrected chi connectivity index (χ2v) is 8.54. The number of aliphatic imine (C=N–C) groups is 4. The molecule has 0 saturated heterocycles. The summed E-state index contributed by atoms with van der Waals surface area (Å²) in [4.78, 5) is 29.4. The topological polar surface area (TPSA) is 115 Å². The van der Waals surface area contributed by atoms with E-state index in [-0.39, 0.29) is 12.3 Å². The SMILES string of the molecule is CC1N=C(N(C)Cc2coc(N(C)C3=NC(C)N=C(N(C)C)N3)c2)NC(N(C)c2ccc[nH]2)=N1. The Labute approximate surface area is 199 Å². The molecule has 182 valence electrons. The van der Waals surface area contributed by atoms with E-state index in [1.165, 1.54) is 0 Å². The number of rotatable bonds is 4. The number of aromatic nitrogens is 1. The Hall–Kier alpha value is -3.96. The van der Waals surface area contributed by atoms with Gasteiger partial charge in [0.1, 0.15) is 18.1 Å². The van der Waals surface area contributed by atoms with Crippen LogP contribution in [0.4, 0.5) is 11.7 Å². The fourth-order valence-electron chi connectivity index (χ4n) is 3.58. The summed E-state index contributed by atoms with van der Waals surface area (Å²) in [6.45, 7) is 4.52. The maximum Gasteiger partial charge on any atom is 0.209 e. The average Bonchev–Trinajstić information content (AvgIpc) is 3.49. The van der Waals surface area contributed by atoms with Gasteiger partial charge in [0.05, 0.1) is 6.26 Å². The third-order valence-corrected chi connectivity index (χ3v) is 5.44. The van der Waals surface area contributed by atoms with Crippen LogP contribution in [0.5, 0.6) is 0 Å². The molecular formula is C22H33N11O. The lowest BCUT2D eigenvalue weighted by Gasteiger charge is -2.30. The molecule has 0 aromatic carbocycles. The van der Waals surface area contributed by atoms with Gasteiger partial charge in [0.15, 0.2) is 0 Å². The average molecular weight is 468 g/mol. The van der Waals surface area contributed by atoms with Crippen molar-refractivity contribution in [3.05, 3.63) is 36.2 Å². The molecule has 2 aromatic heterocycles. The first-order valence-electron chi connectivity index (χ1n) is 11.1. The molecule has 4 heterocycles. The van der Waals surface area contributed by atoms with Crippen LogP contribution in [0.25, 0.3) is 0 Å². The molecule has 2 unspecified atom stereocenters. The first-order chi connectivity index (χ1) is 16.2. The second-order valence-electron chi connectivity index (χ2n) is 8.54. The van der Waals surface area contributed by atoms with Crippen LogP contribution < -0.4 is 20.4 Å². The Balaban J connectivity index is 1.41. The fourth-order valence-corrected chi connectivity index (χ4v) is 3.58. The Bertz CT molecular complexity index is 1110. The van der Waals surface area contributed by atoms with Crippen molar-refractivity contribution >= 4 is 35.5 Å². The van der Waals surface area contributed by atoms with Gasteiger partial charge in [-0.1, -0.05) is 0 Å². The van der Waals surface area contributed by atoms with Crippen LogP contribution in [-0.2, 0) is 6.54 Å². The van der Waals surface area contributed by atoms with Crippen molar-refractivity contribution < 1.29 is 4.42 Å². The standard InChI is InChI=1S/C22H33N11O/c1-14-24-19(30(3)4)28-22(27-14)33(7)18-11-16(13-34-18)12-31(5)20-25-15(2)26-21(29-20)32(6)17-9-8-10-23-17/h8-11,13-15,23H,12H2,1-7H3,(H,24,27,28)(H,25,26,29). The van der Waals surface area contributed by atoms with Crippen molar-refractivity contribution in [2.24, 2.45) is 20.0 Å². The molecule has 2 aliphatic rings. The lowest BCUT2D eigenvalue weighted by Crippen LogP contribution is -2.51. The van der Waals surface area contributed by atoms with E-state index in [0.29, 0.717) is 18.4 Å². The third kappa shape index (κ3) is 5.00. The summed E-state index contributed by atoms with van der Waals surface area (Å²) >= 11 is 0. The zero-order valence-electron chi connectivity index (χ0n) is 20.7. The molecule has 12 heteroatoms. The highest BCUT2D eigenvalue weighted by Gasteiger charge is 2.23. The fraction of sp³-hybridized carbons (Fsp3) is 0.455. The van der Waals surface area contributed by atoms with E-state index in [1.54, 1.807) is 6.26 Å². The first kappa shape index (κ1) is 23.2. The number of hydrogen-bond acceptors (Lipinski definition) is 11. The van der Waals surface area contributed by atoms with E-state index in [2.05, 4.69) is 35.6 Å². The molecule has 2 aliphatic heterocycles. The Morgan fingerprint density at radius 2 is 1.47 bits per heavy atom. The quantitative estimate of drug-likeness (QED) is 0.624. The number of aromatic amines is 1. The van der Waals surface area contributed by atoms with Crippen LogP contribution >= 0.6 is 0 Å². The van der Waals surface area contributed by atoms with Crippen molar-refractivity contribution in [1.29, 1.82) is 0 Å². The minimum absolute atomic E-state index is 0.172. The molecule has 0 amide bonds. The Morgan fingerprint density at radius 3 is 2.12 bits per heavy atom.